The number of halogens is 3. The number of nitrogens with zero attached hydrogens (tertiary/aromatic N) is 1. The van der Waals surface area contributed by atoms with E-state index in [0.717, 1.165) is 6.54 Å². The maximum Gasteiger partial charge on any atom is 0.410 e. The Kier molecular flexibility index (Phi) is 10.5. The molecule has 0 bridgehead atoms. The van der Waals surface area contributed by atoms with Crippen LogP contribution in [0.25, 0.3) is 0 Å². The van der Waals surface area contributed by atoms with Gasteiger partial charge in [-0.2, -0.15) is 13.2 Å². The van der Waals surface area contributed by atoms with Gasteiger partial charge in [-0.3, -0.25) is 4.99 Å². The molecule has 1 aliphatic heterocycles. The number of nitrogens with two attached hydrogens (primary N) is 1. The fourth-order valence-electron chi connectivity index (χ4n) is 2.66. The Labute approximate surface area is 147 Å². The van der Waals surface area contributed by atoms with E-state index in [1.54, 1.807) is 0 Å². The Morgan fingerprint density at radius 1 is 1.28 bits per heavy atom. The van der Waals surface area contributed by atoms with Gasteiger partial charge in [0.05, 0.1) is 33.0 Å². The first-order valence-electron chi connectivity index (χ1n) is 8.54. The minimum Gasteiger partial charge on any atom is -0.382 e. The molecule has 25 heavy (non-hydrogen) atoms. The van der Waals surface area contributed by atoms with Crippen molar-refractivity contribution < 1.29 is 27.4 Å². The molecule has 0 aromatic rings. The highest BCUT2D eigenvalue weighted by molar-refractivity contribution is 5.88. The van der Waals surface area contributed by atoms with Crippen LogP contribution < -0.4 is 11.1 Å². The number of hydrogen-bond donors (Lipinski definition) is 2. The van der Waals surface area contributed by atoms with Gasteiger partial charge in [-0.05, 0) is 26.4 Å². The molecule has 1 heterocycles. The molecule has 0 saturated heterocycles. The molecular formula is C16H30F3N3O3. The van der Waals surface area contributed by atoms with Gasteiger partial charge in [0.15, 0.2) is 0 Å². The summed E-state index contributed by atoms with van der Waals surface area (Å²) in [5, 5.41) is 3.04. The Balaban J connectivity index is 2.59. The van der Waals surface area contributed by atoms with E-state index >= 15 is 0 Å². The quantitative estimate of drug-likeness (QED) is 0.506. The van der Waals surface area contributed by atoms with Gasteiger partial charge in [0.25, 0.3) is 0 Å². The van der Waals surface area contributed by atoms with Crippen LogP contribution in [0, 0.1) is 11.8 Å². The monoisotopic (exact) mass is 369 g/mol. The standard InChI is InChI=1S/C16H30F3N3O3/c1-21-8-12(7-20)9-25-10-13-3-4-15(16(17,18)19)22-14(13)11-24-6-5-23-2/h12-13,15,21H,3-11,20H2,1-2H3. The molecule has 1 rings (SSSR count). The van der Waals surface area contributed by atoms with Gasteiger partial charge < -0.3 is 25.3 Å². The fraction of sp³-hybridized carbons (Fsp3) is 0.938. The van der Waals surface area contributed by atoms with Gasteiger partial charge in [-0.1, -0.05) is 0 Å². The molecule has 3 N–H and O–H groups in total. The number of alkyl halides is 3. The summed E-state index contributed by atoms with van der Waals surface area (Å²) >= 11 is 0. The number of ether oxygens (including phenoxy) is 3. The van der Waals surface area contributed by atoms with Crippen molar-refractivity contribution in [3.8, 4) is 0 Å². The van der Waals surface area contributed by atoms with E-state index in [1.165, 1.54) is 7.11 Å². The lowest BCUT2D eigenvalue weighted by molar-refractivity contribution is -0.150. The van der Waals surface area contributed by atoms with Crippen molar-refractivity contribution in [1.82, 2.24) is 5.32 Å². The van der Waals surface area contributed by atoms with Crippen LogP contribution in [0.4, 0.5) is 13.2 Å². The molecule has 0 aliphatic carbocycles. The number of aliphatic imine (C=N–C) groups is 1. The van der Waals surface area contributed by atoms with E-state index in [1.807, 2.05) is 7.05 Å². The van der Waals surface area contributed by atoms with Gasteiger partial charge >= 0.3 is 6.18 Å². The molecule has 0 aromatic carbocycles. The summed E-state index contributed by atoms with van der Waals surface area (Å²) in [5.74, 6) is 0.0176. The number of methoxy groups -OCH3 is 1. The first kappa shape index (κ1) is 22.3. The van der Waals surface area contributed by atoms with Crippen LogP contribution in [0.1, 0.15) is 12.8 Å². The maximum absolute atomic E-state index is 13.0. The average molecular weight is 369 g/mol. The summed E-state index contributed by atoms with van der Waals surface area (Å²) in [7, 11) is 3.38. The van der Waals surface area contributed by atoms with Crippen LogP contribution >= 0.6 is 0 Å². The molecule has 0 radical (unpaired) electrons. The van der Waals surface area contributed by atoms with Crippen molar-refractivity contribution in [3.63, 3.8) is 0 Å². The zero-order chi connectivity index (χ0) is 18.7. The van der Waals surface area contributed by atoms with Gasteiger partial charge in [-0.15, -0.1) is 0 Å². The first-order valence-corrected chi connectivity index (χ1v) is 8.54. The second kappa shape index (κ2) is 11.8. The van der Waals surface area contributed by atoms with Crippen molar-refractivity contribution in [3.05, 3.63) is 0 Å². The SMILES string of the molecule is CNCC(CN)COCC1CCC(C(F)(F)F)N=C1COCCOC. The fourth-order valence-corrected chi connectivity index (χ4v) is 2.66. The van der Waals surface area contributed by atoms with Crippen LogP contribution in [-0.2, 0) is 14.2 Å². The summed E-state index contributed by atoms with van der Waals surface area (Å²) in [6.45, 7) is 2.80. The third-order valence-corrected chi connectivity index (χ3v) is 4.14. The molecule has 9 heteroatoms. The third kappa shape index (κ3) is 8.46. The average Bonchev–Trinajstić information content (AvgIpc) is 2.57. The normalized spacial score (nSPS) is 22.7. The lowest BCUT2D eigenvalue weighted by atomic mass is 9.92. The summed E-state index contributed by atoms with van der Waals surface area (Å²) in [4.78, 5) is 3.90. The van der Waals surface area contributed by atoms with Gasteiger partial charge in [0.1, 0.15) is 6.04 Å². The second-order valence-corrected chi connectivity index (χ2v) is 6.19. The predicted octanol–water partition coefficient (Wildman–Crippen LogP) is 1.24. The van der Waals surface area contributed by atoms with Crippen molar-refractivity contribution in [1.29, 1.82) is 0 Å². The van der Waals surface area contributed by atoms with Crippen molar-refractivity contribution in [2.45, 2.75) is 25.1 Å². The van der Waals surface area contributed by atoms with E-state index in [4.69, 9.17) is 19.9 Å². The van der Waals surface area contributed by atoms with E-state index in [9.17, 15) is 13.2 Å². The number of rotatable bonds is 12. The van der Waals surface area contributed by atoms with E-state index < -0.39 is 12.2 Å². The molecule has 0 aromatic heterocycles. The molecule has 6 nitrogen and oxygen atoms in total. The van der Waals surface area contributed by atoms with Crippen LogP contribution in [0.15, 0.2) is 4.99 Å². The zero-order valence-corrected chi connectivity index (χ0v) is 15.0. The minimum atomic E-state index is -4.32. The van der Waals surface area contributed by atoms with E-state index in [0.29, 0.717) is 45.1 Å². The predicted molar refractivity (Wildman–Crippen MR) is 90.0 cm³/mol. The molecule has 0 spiro atoms. The zero-order valence-electron chi connectivity index (χ0n) is 15.0. The topological polar surface area (TPSA) is 78.1 Å². The van der Waals surface area contributed by atoms with Crippen LogP contribution in [0.5, 0.6) is 0 Å². The van der Waals surface area contributed by atoms with Gasteiger partial charge in [-0.25, -0.2) is 0 Å². The highest BCUT2D eigenvalue weighted by Gasteiger charge is 2.42. The minimum absolute atomic E-state index is 0.0179. The lowest BCUT2D eigenvalue weighted by Gasteiger charge is -2.29. The van der Waals surface area contributed by atoms with Crippen molar-refractivity contribution in [2.75, 3.05) is 60.3 Å². The Morgan fingerprint density at radius 3 is 2.64 bits per heavy atom. The number of hydrogen-bond acceptors (Lipinski definition) is 6. The summed E-state index contributed by atoms with van der Waals surface area (Å²) in [6.07, 6.45) is -3.95. The summed E-state index contributed by atoms with van der Waals surface area (Å²) < 4.78 is 54.8. The Morgan fingerprint density at radius 2 is 2.04 bits per heavy atom. The van der Waals surface area contributed by atoms with E-state index in [2.05, 4.69) is 10.3 Å². The van der Waals surface area contributed by atoms with Crippen molar-refractivity contribution in [2.24, 2.45) is 22.6 Å². The molecule has 148 valence electrons. The molecule has 0 fully saturated rings. The Bertz CT molecular complexity index is 395. The summed E-state index contributed by atoms with van der Waals surface area (Å²) in [6, 6.07) is -1.65. The maximum atomic E-state index is 13.0. The highest BCUT2D eigenvalue weighted by Crippen LogP contribution is 2.32. The lowest BCUT2D eigenvalue weighted by Crippen LogP contribution is -2.38. The molecule has 1 aliphatic rings. The smallest absolute Gasteiger partial charge is 0.382 e. The highest BCUT2D eigenvalue weighted by atomic mass is 19.4. The van der Waals surface area contributed by atoms with Gasteiger partial charge in [0.2, 0.25) is 0 Å². The number of nitrogens with one attached hydrogen (secondary N) is 1. The van der Waals surface area contributed by atoms with Crippen LogP contribution in [0.3, 0.4) is 0 Å². The first-order chi connectivity index (χ1) is 11.9. The molecular weight excluding hydrogens is 339 g/mol. The van der Waals surface area contributed by atoms with Crippen LogP contribution in [-0.4, -0.2) is 78.2 Å². The summed E-state index contributed by atoms with van der Waals surface area (Å²) in [5.41, 5.74) is 6.08. The second-order valence-electron chi connectivity index (χ2n) is 6.19. The molecule has 3 atom stereocenters. The van der Waals surface area contributed by atoms with Gasteiger partial charge in [0, 0.05) is 31.2 Å². The molecule has 0 saturated carbocycles. The Hall–Kier alpha value is -0.740. The van der Waals surface area contributed by atoms with Crippen molar-refractivity contribution >= 4 is 5.71 Å². The third-order valence-electron chi connectivity index (χ3n) is 4.14. The largest absolute Gasteiger partial charge is 0.410 e. The van der Waals surface area contributed by atoms with E-state index in [-0.39, 0.29) is 24.9 Å². The van der Waals surface area contributed by atoms with Crippen LogP contribution in [0.2, 0.25) is 0 Å². The molecule has 0 amide bonds. The molecule has 3 unspecified atom stereocenters.